The smallest absolute Gasteiger partial charge is 0.464 e. The van der Waals surface area contributed by atoms with Gasteiger partial charge in [0.25, 0.3) is 0 Å². The molecule has 0 spiro atoms. The summed E-state index contributed by atoms with van der Waals surface area (Å²) in [6, 6.07) is 0. The molecule has 1 aliphatic carbocycles. The SMILES string of the molecule is CCCOP(=O)(OOC(C)CCCCCCCCSCCC(CC)SC1CCCCC1)C(=O)O. The van der Waals surface area contributed by atoms with Crippen LogP contribution in [0, 0.1) is 0 Å². The van der Waals surface area contributed by atoms with E-state index < -0.39 is 13.3 Å². The molecule has 9 heteroatoms. The van der Waals surface area contributed by atoms with Crippen LogP contribution < -0.4 is 0 Å². The van der Waals surface area contributed by atoms with Gasteiger partial charge in [0.1, 0.15) is 0 Å². The van der Waals surface area contributed by atoms with Gasteiger partial charge in [-0.1, -0.05) is 65.2 Å². The van der Waals surface area contributed by atoms with Gasteiger partial charge in [0, 0.05) is 10.5 Å². The number of hydrogen-bond donors (Lipinski definition) is 1. The van der Waals surface area contributed by atoms with E-state index in [0.717, 1.165) is 29.8 Å². The number of carboxylic acid groups (broad SMARTS) is 1. The van der Waals surface area contributed by atoms with Crippen LogP contribution in [0.15, 0.2) is 0 Å². The summed E-state index contributed by atoms with van der Waals surface area (Å²) in [5, 5.41) is 10.8. The third-order valence-electron chi connectivity index (χ3n) is 6.13. The van der Waals surface area contributed by atoms with E-state index in [1.807, 2.05) is 0 Å². The molecule has 0 amide bonds. The first-order chi connectivity index (χ1) is 16.4. The molecule has 1 rings (SSSR count). The van der Waals surface area contributed by atoms with Crippen LogP contribution in [0.4, 0.5) is 4.79 Å². The van der Waals surface area contributed by atoms with Crippen molar-refractivity contribution in [2.45, 2.75) is 134 Å². The van der Waals surface area contributed by atoms with Gasteiger partial charge >= 0.3 is 13.3 Å². The summed E-state index contributed by atoms with van der Waals surface area (Å²) in [5.41, 5.74) is -1.62. The van der Waals surface area contributed by atoms with Crippen molar-refractivity contribution in [3.8, 4) is 0 Å². The Hall–Kier alpha value is 0.280. The molecule has 3 unspecified atom stereocenters. The molecule has 3 atom stereocenters. The van der Waals surface area contributed by atoms with Crippen LogP contribution in [-0.2, 0) is 18.7 Å². The van der Waals surface area contributed by atoms with E-state index in [0.29, 0.717) is 6.42 Å². The van der Waals surface area contributed by atoms with Crippen LogP contribution >= 0.6 is 31.1 Å². The third kappa shape index (κ3) is 15.4. The Labute approximate surface area is 216 Å². The maximum Gasteiger partial charge on any atom is 0.464 e. The number of rotatable bonds is 22. The zero-order valence-electron chi connectivity index (χ0n) is 21.7. The number of hydrogen-bond acceptors (Lipinski definition) is 7. The number of thioether (sulfide) groups is 2. The Morgan fingerprint density at radius 3 is 2.32 bits per heavy atom. The highest BCUT2D eigenvalue weighted by Gasteiger charge is 2.37. The minimum atomic E-state index is -4.25. The topological polar surface area (TPSA) is 82.1 Å². The third-order valence-corrected chi connectivity index (χ3v) is 10.3. The fourth-order valence-corrected chi connectivity index (χ4v) is 7.71. The normalized spacial score (nSPS) is 18.4. The van der Waals surface area contributed by atoms with Gasteiger partial charge in [-0.3, -0.25) is 4.52 Å². The molecule has 0 aromatic heterocycles. The largest absolute Gasteiger partial charge is 0.472 e. The van der Waals surface area contributed by atoms with Crippen molar-refractivity contribution in [3.63, 3.8) is 0 Å². The fraction of sp³-hybridized carbons (Fsp3) is 0.960. The van der Waals surface area contributed by atoms with Crippen LogP contribution in [0.2, 0.25) is 0 Å². The van der Waals surface area contributed by atoms with Crippen LogP contribution in [0.3, 0.4) is 0 Å². The van der Waals surface area contributed by atoms with Gasteiger partial charge in [-0.25, -0.2) is 14.2 Å². The van der Waals surface area contributed by atoms with E-state index in [1.165, 1.54) is 82.1 Å². The summed E-state index contributed by atoms with van der Waals surface area (Å²) in [6.45, 7) is 5.99. The van der Waals surface area contributed by atoms with E-state index in [1.54, 1.807) is 13.8 Å². The average molecular weight is 541 g/mol. The lowest BCUT2D eigenvalue weighted by Crippen LogP contribution is -2.14. The van der Waals surface area contributed by atoms with Crippen molar-refractivity contribution < 1.29 is 28.6 Å². The van der Waals surface area contributed by atoms with Gasteiger partial charge in [0.2, 0.25) is 0 Å². The second-order valence-corrected chi connectivity index (χ2v) is 13.9. The van der Waals surface area contributed by atoms with Crippen LogP contribution in [0.1, 0.15) is 117 Å². The lowest BCUT2D eigenvalue weighted by atomic mass is 10.0. The Balaban J connectivity index is 1.95. The van der Waals surface area contributed by atoms with Crippen molar-refractivity contribution in [1.82, 2.24) is 0 Å². The molecule has 6 nitrogen and oxygen atoms in total. The number of unbranched alkanes of at least 4 members (excludes halogenated alkanes) is 5. The molecule has 1 N–H and O–H groups in total. The zero-order chi connectivity index (χ0) is 25.1. The summed E-state index contributed by atoms with van der Waals surface area (Å²) in [4.78, 5) is 16.1. The lowest BCUT2D eigenvalue weighted by Gasteiger charge is -2.25. The second-order valence-electron chi connectivity index (χ2n) is 9.33. The minimum Gasteiger partial charge on any atom is -0.472 e. The van der Waals surface area contributed by atoms with E-state index in [2.05, 4.69) is 35.1 Å². The van der Waals surface area contributed by atoms with Gasteiger partial charge < -0.3 is 5.11 Å². The number of carbonyl (C=O) groups is 1. The minimum absolute atomic E-state index is 0.0541. The van der Waals surface area contributed by atoms with E-state index in [-0.39, 0.29) is 12.7 Å². The van der Waals surface area contributed by atoms with Crippen molar-refractivity contribution >= 4 is 36.8 Å². The molecule has 0 aliphatic heterocycles. The van der Waals surface area contributed by atoms with Gasteiger partial charge in [0.15, 0.2) is 0 Å². The fourth-order valence-electron chi connectivity index (χ4n) is 4.00. The van der Waals surface area contributed by atoms with Crippen LogP contribution in [-0.4, -0.2) is 45.5 Å². The van der Waals surface area contributed by atoms with Crippen molar-refractivity contribution in [2.24, 2.45) is 0 Å². The zero-order valence-corrected chi connectivity index (χ0v) is 24.2. The van der Waals surface area contributed by atoms with Gasteiger partial charge in [-0.05, 0) is 63.4 Å². The molecule has 34 heavy (non-hydrogen) atoms. The summed E-state index contributed by atoms with van der Waals surface area (Å²) in [5.74, 6) is 2.58. The molecule has 1 saturated carbocycles. The molecule has 0 bridgehead atoms. The van der Waals surface area contributed by atoms with Crippen LogP contribution in [0.25, 0.3) is 0 Å². The first kappa shape index (κ1) is 32.3. The van der Waals surface area contributed by atoms with Gasteiger partial charge in [-0.2, -0.15) is 23.5 Å². The molecular formula is C25H49O6PS2. The van der Waals surface area contributed by atoms with Crippen molar-refractivity contribution in [2.75, 3.05) is 18.1 Å². The average Bonchev–Trinajstić information content (AvgIpc) is 2.84. The Morgan fingerprint density at radius 1 is 1.00 bits per heavy atom. The van der Waals surface area contributed by atoms with Crippen LogP contribution in [0.5, 0.6) is 0 Å². The first-order valence-corrected chi connectivity index (χ1v) is 17.1. The molecule has 0 aromatic rings. The molecule has 1 aliphatic rings. The molecular weight excluding hydrogens is 491 g/mol. The maximum absolute atomic E-state index is 12.1. The van der Waals surface area contributed by atoms with E-state index in [9.17, 15) is 9.36 Å². The van der Waals surface area contributed by atoms with E-state index >= 15 is 0 Å². The Bertz CT molecular complexity index is 560. The van der Waals surface area contributed by atoms with Crippen molar-refractivity contribution in [3.05, 3.63) is 0 Å². The molecule has 1 fully saturated rings. The predicted octanol–water partition coefficient (Wildman–Crippen LogP) is 9.32. The van der Waals surface area contributed by atoms with Gasteiger partial charge in [-0.15, -0.1) is 4.67 Å². The summed E-state index contributed by atoms with van der Waals surface area (Å²) < 4.78 is 21.6. The highest BCUT2D eigenvalue weighted by atomic mass is 32.2. The Morgan fingerprint density at radius 2 is 1.68 bits per heavy atom. The van der Waals surface area contributed by atoms with E-state index in [4.69, 9.17) is 14.5 Å². The monoisotopic (exact) mass is 540 g/mol. The molecule has 0 saturated heterocycles. The second kappa shape index (κ2) is 20.4. The van der Waals surface area contributed by atoms with Gasteiger partial charge in [0.05, 0.1) is 12.7 Å². The Kier molecular flexibility index (Phi) is 19.3. The lowest BCUT2D eigenvalue weighted by molar-refractivity contribution is -0.247. The molecule has 0 heterocycles. The standard InChI is InChI=1S/C25H49O6PS2/c1-4-19-29-32(28,25(26)27)31-30-22(3)15-11-8-6-7-9-14-20-33-21-18-23(5-2)34-24-16-12-10-13-17-24/h22-24H,4-21H2,1-3H3,(H,26,27). The predicted molar refractivity (Wildman–Crippen MR) is 146 cm³/mol. The molecule has 0 aromatic carbocycles. The van der Waals surface area contributed by atoms with Crippen molar-refractivity contribution in [1.29, 1.82) is 0 Å². The summed E-state index contributed by atoms with van der Waals surface area (Å²) in [7, 11) is -4.25. The first-order valence-electron chi connectivity index (χ1n) is 13.5. The highest BCUT2D eigenvalue weighted by molar-refractivity contribution is 8.01. The highest BCUT2D eigenvalue weighted by Crippen LogP contribution is 2.49. The maximum atomic E-state index is 12.1. The molecule has 0 radical (unpaired) electrons. The summed E-state index contributed by atoms with van der Waals surface area (Å²) >= 11 is 4.41. The quantitative estimate of drug-likeness (QED) is 0.0629. The summed E-state index contributed by atoms with van der Waals surface area (Å²) in [6.07, 6.45) is 18.0. The molecule has 202 valence electrons.